The molecule has 0 spiro atoms. The van der Waals surface area contributed by atoms with Crippen molar-refractivity contribution in [1.29, 1.82) is 0 Å². The van der Waals surface area contributed by atoms with Crippen molar-refractivity contribution < 1.29 is 18.0 Å². The van der Waals surface area contributed by atoms with Gasteiger partial charge >= 0.3 is 6.18 Å². The summed E-state index contributed by atoms with van der Waals surface area (Å²) < 4.78 is 42.3. The van der Waals surface area contributed by atoms with Gasteiger partial charge < -0.3 is 11.1 Å². The first kappa shape index (κ1) is 22.1. The predicted molar refractivity (Wildman–Crippen MR) is 122 cm³/mol. The number of halogens is 3. The van der Waals surface area contributed by atoms with Crippen LogP contribution in [0.15, 0.2) is 67.5 Å². The van der Waals surface area contributed by atoms with Crippen molar-refractivity contribution in [3.05, 3.63) is 84.3 Å². The Morgan fingerprint density at radius 1 is 1.09 bits per heavy atom. The lowest BCUT2D eigenvalue weighted by Gasteiger charge is -2.11. The maximum atomic E-state index is 13.0. The quantitative estimate of drug-likeness (QED) is 0.401. The average molecular weight is 478 g/mol. The van der Waals surface area contributed by atoms with Gasteiger partial charge in [0.25, 0.3) is 5.91 Å². The molecule has 0 saturated heterocycles. The van der Waals surface area contributed by atoms with Crippen molar-refractivity contribution in [3.8, 4) is 16.9 Å². The molecule has 4 heterocycles. The minimum atomic E-state index is -4.55. The number of hydrogen-bond donors (Lipinski definition) is 2. The molecule has 0 aliphatic carbocycles. The summed E-state index contributed by atoms with van der Waals surface area (Å²) in [4.78, 5) is 25.2. The lowest BCUT2D eigenvalue weighted by Crippen LogP contribution is -2.14. The fraction of sp³-hybridized carbons (Fsp3) is 0.0870. The fourth-order valence-corrected chi connectivity index (χ4v) is 3.60. The SMILES string of the molecule is Cc1ncc(NC(=O)c2cccc(C(F)(F)F)c2)cc1-n1cc(-c2cnc3c(N)nccn23)cn1. The Labute approximate surface area is 196 Å². The summed E-state index contributed by atoms with van der Waals surface area (Å²) in [6.45, 7) is 1.77. The highest BCUT2D eigenvalue weighted by Gasteiger charge is 2.31. The fourth-order valence-electron chi connectivity index (χ4n) is 3.60. The maximum absolute atomic E-state index is 13.0. The smallest absolute Gasteiger partial charge is 0.381 e. The molecule has 5 rings (SSSR count). The Hall–Kier alpha value is -4.74. The summed E-state index contributed by atoms with van der Waals surface area (Å²) in [6, 6.07) is 5.85. The summed E-state index contributed by atoms with van der Waals surface area (Å²) in [5.74, 6) is -0.388. The van der Waals surface area contributed by atoms with Crippen LogP contribution in [0.25, 0.3) is 22.6 Å². The topological polar surface area (TPSA) is 116 Å². The number of imidazole rings is 1. The molecular formula is C23H17F3N8O. The van der Waals surface area contributed by atoms with Crippen molar-refractivity contribution >= 4 is 23.1 Å². The van der Waals surface area contributed by atoms with E-state index in [9.17, 15) is 18.0 Å². The molecule has 5 aromatic rings. The van der Waals surface area contributed by atoms with Gasteiger partial charge in [-0.15, -0.1) is 0 Å². The highest BCUT2D eigenvalue weighted by Crippen LogP contribution is 2.30. The molecule has 0 bridgehead atoms. The van der Waals surface area contributed by atoms with Gasteiger partial charge in [-0.1, -0.05) is 6.07 Å². The zero-order valence-electron chi connectivity index (χ0n) is 18.2. The van der Waals surface area contributed by atoms with Gasteiger partial charge in [0.2, 0.25) is 0 Å². The minimum Gasteiger partial charge on any atom is -0.381 e. The number of pyridine rings is 1. The predicted octanol–water partition coefficient (Wildman–Crippen LogP) is 4.14. The molecular weight excluding hydrogens is 461 g/mol. The van der Waals surface area contributed by atoms with E-state index in [1.807, 2.05) is 0 Å². The molecule has 0 saturated carbocycles. The Morgan fingerprint density at radius 2 is 1.91 bits per heavy atom. The molecule has 0 fully saturated rings. The molecule has 35 heavy (non-hydrogen) atoms. The normalized spacial score (nSPS) is 11.7. The number of nitrogens with one attached hydrogen (secondary N) is 1. The third kappa shape index (κ3) is 4.16. The summed E-state index contributed by atoms with van der Waals surface area (Å²) in [5.41, 5.74) is 8.39. The van der Waals surface area contributed by atoms with Gasteiger partial charge in [0.1, 0.15) is 0 Å². The van der Waals surface area contributed by atoms with Crippen molar-refractivity contribution in [2.75, 3.05) is 11.1 Å². The minimum absolute atomic E-state index is 0.121. The van der Waals surface area contributed by atoms with Crippen LogP contribution in [0.5, 0.6) is 0 Å². The van der Waals surface area contributed by atoms with Crippen LogP contribution in [0.3, 0.4) is 0 Å². The first-order chi connectivity index (χ1) is 16.7. The standard InChI is InChI=1S/C23H17F3N8O/c1-13-18(34-12-15(9-31-34)19-11-30-21-20(27)28-5-6-33(19)21)8-17(10-29-13)32-22(35)14-3-2-4-16(7-14)23(24,25)26/h2-12H,1H3,(H2,27,28)(H,32,35). The second kappa shape index (κ2) is 8.24. The lowest BCUT2D eigenvalue weighted by molar-refractivity contribution is -0.137. The van der Waals surface area contributed by atoms with Crippen LogP contribution in [0, 0.1) is 6.92 Å². The van der Waals surface area contributed by atoms with Gasteiger partial charge in [-0.25, -0.2) is 14.6 Å². The first-order valence-corrected chi connectivity index (χ1v) is 10.3. The van der Waals surface area contributed by atoms with E-state index in [1.54, 1.807) is 53.1 Å². The number of anilines is 2. The number of rotatable bonds is 4. The van der Waals surface area contributed by atoms with Gasteiger partial charge in [-0.05, 0) is 31.2 Å². The number of nitrogen functional groups attached to an aromatic ring is 1. The molecule has 176 valence electrons. The van der Waals surface area contributed by atoms with Gasteiger partial charge in [0, 0.05) is 29.7 Å². The molecule has 3 N–H and O–H groups in total. The zero-order chi connectivity index (χ0) is 24.7. The van der Waals surface area contributed by atoms with E-state index in [1.165, 1.54) is 18.3 Å². The summed E-state index contributed by atoms with van der Waals surface area (Å²) in [5, 5.41) is 6.99. The van der Waals surface area contributed by atoms with E-state index >= 15 is 0 Å². The molecule has 1 amide bonds. The van der Waals surface area contributed by atoms with Gasteiger partial charge in [-0.2, -0.15) is 18.3 Å². The second-order valence-electron chi connectivity index (χ2n) is 7.68. The largest absolute Gasteiger partial charge is 0.416 e. The van der Waals surface area contributed by atoms with E-state index < -0.39 is 17.6 Å². The first-order valence-electron chi connectivity index (χ1n) is 10.3. The van der Waals surface area contributed by atoms with Gasteiger partial charge in [-0.3, -0.25) is 14.2 Å². The van der Waals surface area contributed by atoms with Crippen LogP contribution < -0.4 is 11.1 Å². The van der Waals surface area contributed by atoms with Crippen LogP contribution in [-0.2, 0) is 6.18 Å². The molecule has 0 radical (unpaired) electrons. The molecule has 0 aliphatic rings. The Kier molecular flexibility index (Phi) is 5.20. The van der Waals surface area contributed by atoms with Crippen LogP contribution >= 0.6 is 0 Å². The van der Waals surface area contributed by atoms with Crippen molar-refractivity contribution in [2.24, 2.45) is 0 Å². The van der Waals surface area contributed by atoms with Crippen molar-refractivity contribution in [3.63, 3.8) is 0 Å². The Balaban J connectivity index is 1.43. The van der Waals surface area contributed by atoms with E-state index in [2.05, 4.69) is 25.4 Å². The summed E-state index contributed by atoms with van der Waals surface area (Å²) in [7, 11) is 0. The van der Waals surface area contributed by atoms with Crippen LogP contribution in [0.4, 0.5) is 24.7 Å². The van der Waals surface area contributed by atoms with Gasteiger partial charge in [0.15, 0.2) is 11.5 Å². The van der Waals surface area contributed by atoms with E-state index in [0.717, 1.165) is 23.4 Å². The summed E-state index contributed by atoms with van der Waals surface area (Å²) >= 11 is 0. The van der Waals surface area contributed by atoms with Crippen molar-refractivity contribution in [2.45, 2.75) is 13.1 Å². The van der Waals surface area contributed by atoms with Crippen molar-refractivity contribution in [1.82, 2.24) is 29.1 Å². The number of nitrogens with two attached hydrogens (primary N) is 1. The number of alkyl halides is 3. The third-order valence-corrected chi connectivity index (χ3v) is 5.35. The average Bonchev–Trinajstić information content (AvgIpc) is 3.48. The zero-order valence-corrected chi connectivity index (χ0v) is 18.2. The monoisotopic (exact) mass is 478 g/mol. The molecule has 4 aromatic heterocycles. The number of aromatic nitrogens is 6. The van der Waals surface area contributed by atoms with E-state index in [0.29, 0.717) is 28.5 Å². The number of hydrogen-bond acceptors (Lipinski definition) is 6. The molecule has 1 aromatic carbocycles. The molecule has 12 heteroatoms. The number of carbonyl (C=O) groups is 1. The highest BCUT2D eigenvalue weighted by molar-refractivity contribution is 6.04. The van der Waals surface area contributed by atoms with Crippen LogP contribution in [0.2, 0.25) is 0 Å². The Bertz CT molecular complexity index is 1570. The number of benzene rings is 1. The highest BCUT2D eigenvalue weighted by atomic mass is 19.4. The van der Waals surface area contributed by atoms with E-state index in [4.69, 9.17) is 5.73 Å². The lowest BCUT2D eigenvalue weighted by atomic mass is 10.1. The second-order valence-corrected chi connectivity index (χ2v) is 7.68. The molecule has 9 nitrogen and oxygen atoms in total. The summed E-state index contributed by atoms with van der Waals surface area (Å²) in [6.07, 6.45) is 5.26. The van der Waals surface area contributed by atoms with E-state index in [-0.39, 0.29) is 5.56 Å². The number of aryl methyl sites for hydroxylation is 1. The number of amides is 1. The maximum Gasteiger partial charge on any atom is 0.416 e. The molecule has 0 atom stereocenters. The number of carbonyl (C=O) groups excluding carboxylic acids is 1. The Morgan fingerprint density at radius 3 is 2.71 bits per heavy atom. The number of nitrogens with zero attached hydrogens (tertiary/aromatic N) is 6. The number of fused-ring (bicyclic) bond motifs is 1. The van der Waals surface area contributed by atoms with Crippen LogP contribution in [0.1, 0.15) is 21.6 Å². The van der Waals surface area contributed by atoms with Gasteiger partial charge in [0.05, 0.1) is 46.9 Å². The molecule has 0 unspecified atom stereocenters. The third-order valence-electron chi connectivity index (χ3n) is 5.35. The van der Waals surface area contributed by atoms with Crippen LogP contribution in [-0.4, -0.2) is 35.0 Å². The molecule has 0 aliphatic heterocycles.